The fraction of sp³-hybridized carbons (Fsp3) is 0. The maximum Gasteiger partial charge on any atom is 0.256 e. The number of carbonyl (C=O) groups is 2. The van der Waals surface area contributed by atoms with Crippen molar-refractivity contribution < 1.29 is 14.0 Å². The van der Waals surface area contributed by atoms with Crippen LogP contribution in [0.15, 0.2) is 59.0 Å². The van der Waals surface area contributed by atoms with Gasteiger partial charge >= 0.3 is 0 Å². The van der Waals surface area contributed by atoms with Gasteiger partial charge in [-0.25, -0.2) is 0 Å². The highest BCUT2D eigenvalue weighted by molar-refractivity contribution is 6.40. The first-order chi connectivity index (χ1) is 11.6. The quantitative estimate of drug-likeness (QED) is 0.641. The number of para-hydroxylation sites is 1. The summed E-state index contributed by atoms with van der Waals surface area (Å²) in [6.07, 6.45) is 0.607. The zero-order chi connectivity index (χ0) is 17.1. The van der Waals surface area contributed by atoms with Crippen molar-refractivity contribution in [1.82, 2.24) is 0 Å². The third-order valence-electron chi connectivity index (χ3n) is 3.38. The molecule has 0 radical (unpaired) electrons. The van der Waals surface area contributed by atoms with Crippen LogP contribution >= 0.6 is 23.2 Å². The molecule has 3 rings (SSSR count). The molecule has 24 heavy (non-hydrogen) atoms. The van der Waals surface area contributed by atoms with Crippen LogP contribution in [0, 0.1) is 0 Å². The molecular weight excluding hydrogens is 349 g/mol. The summed E-state index contributed by atoms with van der Waals surface area (Å²) in [7, 11) is 0. The van der Waals surface area contributed by atoms with E-state index in [0.717, 1.165) is 0 Å². The highest BCUT2D eigenvalue weighted by atomic mass is 35.5. The Morgan fingerprint density at radius 2 is 1.67 bits per heavy atom. The molecule has 1 N–H and O–H groups in total. The van der Waals surface area contributed by atoms with E-state index in [4.69, 9.17) is 27.6 Å². The lowest BCUT2D eigenvalue weighted by Gasteiger charge is -2.11. The van der Waals surface area contributed by atoms with Gasteiger partial charge in [0.25, 0.3) is 5.91 Å². The van der Waals surface area contributed by atoms with Gasteiger partial charge in [-0.15, -0.1) is 0 Å². The molecular formula is C18H11Cl2NO3. The van der Waals surface area contributed by atoms with E-state index in [9.17, 15) is 9.59 Å². The van der Waals surface area contributed by atoms with E-state index in [1.165, 1.54) is 0 Å². The van der Waals surface area contributed by atoms with Crippen molar-refractivity contribution >= 4 is 41.1 Å². The molecule has 0 aliphatic heterocycles. The molecule has 0 atom stereocenters. The lowest BCUT2D eigenvalue weighted by molar-refractivity contribution is 0.102. The number of benzene rings is 2. The van der Waals surface area contributed by atoms with Gasteiger partial charge in [0.2, 0.25) is 0 Å². The Bertz CT molecular complexity index is 898. The Kier molecular flexibility index (Phi) is 4.69. The zero-order valence-corrected chi connectivity index (χ0v) is 13.8. The second kappa shape index (κ2) is 6.91. The van der Waals surface area contributed by atoms with Gasteiger partial charge in [0, 0.05) is 5.56 Å². The van der Waals surface area contributed by atoms with Crippen LogP contribution in [0.25, 0.3) is 11.3 Å². The molecule has 6 heteroatoms. The summed E-state index contributed by atoms with van der Waals surface area (Å²) in [5.41, 5.74) is 1.28. The monoisotopic (exact) mass is 359 g/mol. The number of rotatable bonds is 4. The van der Waals surface area contributed by atoms with Gasteiger partial charge < -0.3 is 9.73 Å². The average molecular weight is 360 g/mol. The summed E-state index contributed by atoms with van der Waals surface area (Å²) in [5.74, 6) is 0.229. The maximum absolute atomic E-state index is 12.6. The highest BCUT2D eigenvalue weighted by Crippen LogP contribution is 2.31. The third kappa shape index (κ3) is 3.20. The number of aldehydes is 1. The Balaban J connectivity index is 1.98. The molecule has 1 heterocycles. The molecule has 0 fully saturated rings. The van der Waals surface area contributed by atoms with Gasteiger partial charge in [-0.3, -0.25) is 9.59 Å². The zero-order valence-electron chi connectivity index (χ0n) is 12.3. The number of hydrogen-bond acceptors (Lipinski definition) is 3. The average Bonchev–Trinajstić information content (AvgIpc) is 3.07. The van der Waals surface area contributed by atoms with Crippen LogP contribution in [-0.4, -0.2) is 12.2 Å². The highest BCUT2D eigenvalue weighted by Gasteiger charge is 2.17. The summed E-state index contributed by atoms with van der Waals surface area (Å²) < 4.78 is 5.41. The van der Waals surface area contributed by atoms with Crippen molar-refractivity contribution in [2.24, 2.45) is 0 Å². The Morgan fingerprint density at radius 3 is 2.33 bits per heavy atom. The van der Waals surface area contributed by atoms with E-state index < -0.39 is 0 Å². The SMILES string of the molecule is O=Cc1ccc(-c2ccccc2C(=O)Nc2c(Cl)cccc2Cl)o1. The van der Waals surface area contributed by atoms with Gasteiger partial charge in [0.05, 0.1) is 21.3 Å². The minimum atomic E-state index is -0.385. The first kappa shape index (κ1) is 16.3. The van der Waals surface area contributed by atoms with Crippen LogP contribution in [0.5, 0.6) is 0 Å². The minimum Gasteiger partial charge on any atom is -0.453 e. The number of nitrogens with one attached hydrogen (secondary N) is 1. The van der Waals surface area contributed by atoms with Crippen molar-refractivity contribution in [2.45, 2.75) is 0 Å². The molecule has 0 aliphatic carbocycles. The Hall–Kier alpha value is -2.56. The molecule has 0 saturated heterocycles. The Labute approximate surface area is 148 Å². The standard InChI is InChI=1S/C18H11Cl2NO3/c19-14-6-3-7-15(20)17(14)21-18(23)13-5-2-1-4-12(13)16-9-8-11(10-22)24-16/h1-10H,(H,21,23). The summed E-state index contributed by atoms with van der Waals surface area (Å²) in [5, 5.41) is 3.40. The first-order valence-electron chi connectivity index (χ1n) is 7.00. The molecule has 120 valence electrons. The van der Waals surface area contributed by atoms with Crippen molar-refractivity contribution in [3.63, 3.8) is 0 Å². The van der Waals surface area contributed by atoms with E-state index in [2.05, 4.69) is 5.32 Å². The van der Waals surface area contributed by atoms with Crippen LogP contribution in [-0.2, 0) is 0 Å². The van der Waals surface area contributed by atoms with Crippen LogP contribution in [0.1, 0.15) is 20.9 Å². The predicted octanol–water partition coefficient (Wildman–Crippen LogP) is 5.32. The minimum absolute atomic E-state index is 0.189. The van der Waals surface area contributed by atoms with E-state index in [-0.39, 0.29) is 11.7 Å². The number of anilines is 1. The van der Waals surface area contributed by atoms with Gasteiger partial charge in [-0.2, -0.15) is 0 Å². The van der Waals surface area contributed by atoms with Crippen molar-refractivity contribution in [2.75, 3.05) is 5.32 Å². The van der Waals surface area contributed by atoms with Crippen molar-refractivity contribution in [3.05, 3.63) is 76.0 Å². The smallest absolute Gasteiger partial charge is 0.256 e. The topological polar surface area (TPSA) is 59.3 Å². The first-order valence-corrected chi connectivity index (χ1v) is 7.75. The number of halogens is 2. The lowest BCUT2D eigenvalue weighted by Crippen LogP contribution is -2.13. The molecule has 4 nitrogen and oxygen atoms in total. The molecule has 1 amide bonds. The fourth-order valence-corrected chi connectivity index (χ4v) is 2.75. The van der Waals surface area contributed by atoms with Crippen molar-refractivity contribution in [1.29, 1.82) is 0 Å². The van der Waals surface area contributed by atoms with Gasteiger partial charge in [0.1, 0.15) is 5.76 Å². The van der Waals surface area contributed by atoms with E-state index in [1.54, 1.807) is 54.6 Å². The largest absolute Gasteiger partial charge is 0.453 e. The van der Waals surface area contributed by atoms with Crippen LogP contribution in [0.4, 0.5) is 5.69 Å². The van der Waals surface area contributed by atoms with Gasteiger partial charge in [0.15, 0.2) is 12.0 Å². The van der Waals surface area contributed by atoms with Crippen LogP contribution < -0.4 is 5.32 Å². The number of amides is 1. The second-order valence-electron chi connectivity index (χ2n) is 4.92. The molecule has 2 aromatic carbocycles. The second-order valence-corrected chi connectivity index (χ2v) is 5.73. The molecule has 0 saturated carbocycles. The van der Waals surface area contributed by atoms with Crippen molar-refractivity contribution in [3.8, 4) is 11.3 Å². The summed E-state index contributed by atoms with van der Waals surface area (Å²) >= 11 is 12.2. The molecule has 0 bridgehead atoms. The van der Waals surface area contributed by atoms with Crippen LogP contribution in [0.3, 0.4) is 0 Å². The number of carbonyl (C=O) groups excluding carboxylic acids is 2. The number of hydrogen-bond donors (Lipinski definition) is 1. The Morgan fingerprint density at radius 1 is 0.958 bits per heavy atom. The van der Waals surface area contributed by atoms with E-state index in [1.807, 2.05) is 0 Å². The summed E-state index contributed by atoms with van der Waals surface area (Å²) in [4.78, 5) is 23.4. The normalized spacial score (nSPS) is 10.4. The van der Waals surface area contributed by atoms with Gasteiger partial charge in [-0.05, 0) is 30.3 Å². The lowest BCUT2D eigenvalue weighted by atomic mass is 10.0. The van der Waals surface area contributed by atoms with E-state index in [0.29, 0.717) is 38.9 Å². The maximum atomic E-state index is 12.6. The van der Waals surface area contributed by atoms with E-state index >= 15 is 0 Å². The molecule has 1 aromatic heterocycles. The predicted molar refractivity (Wildman–Crippen MR) is 93.9 cm³/mol. The van der Waals surface area contributed by atoms with Gasteiger partial charge in [-0.1, -0.05) is 47.5 Å². The molecule has 3 aromatic rings. The van der Waals surface area contributed by atoms with Crippen LogP contribution in [0.2, 0.25) is 10.0 Å². The summed E-state index contributed by atoms with van der Waals surface area (Å²) in [6.45, 7) is 0. The number of furan rings is 1. The molecule has 0 aliphatic rings. The fourth-order valence-electron chi connectivity index (χ4n) is 2.26. The summed E-state index contributed by atoms with van der Waals surface area (Å²) in [6, 6.07) is 15.0. The third-order valence-corrected chi connectivity index (χ3v) is 4.01. The molecule has 0 unspecified atom stereocenters. The molecule has 0 spiro atoms.